The molecule has 1 aliphatic heterocycles. The average molecular weight is 337 g/mol. The Labute approximate surface area is 153 Å². The van der Waals surface area contributed by atoms with Crippen molar-refractivity contribution < 1.29 is 0 Å². The van der Waals surface area contributed by atoms with Crippen molar-refractivity contribution in [2.45, 2.75) is 58.0 Å². The first-order chi connectivity index (χ1) is 11.8. The highest BCUT2D eigenvalue weighted by atomic mass is 15.1. The minimum absolute atomic E-state index is 0.207. The molecule has 0 spiro atoms. The number of nitrogens with zero attached hydrogens (tertiary/aromatic N) is 1. The zero-order valence-electron chi connectivity index (χ0n) is 16.1. The molecule has 0 radical (unpaired) electrons. The van der Waals surface area contributed by atoms with Gasteiger partial charge in [0.1, 0.15) is 0 Å². The molecule has 2 aromatic carbocycles. The molecule has 1 saturated heterocycles. The Hall–Kier alpha value is -1.64. The molecule has 1 aliphatic rings. The Bertz CT molecular complexity index is 697. The van der Waals surface area contributed by atoms with Crippen LogP contribution in [-0.2, 0) is 12.0 Å². The zero-order valence-corrected chi connectivity index (χ0v) is 16.1. The number of rotatable bonds is 3. The van der Waals surface area contributed by atoms with Crippen LogP contribution in [0.2, 0.25) is 0 Å². The van der Waals surface area contributed by atoms with Crippen LogP contribution in [0.5, 0.6) is 0 Å². The van der Waals surface area contributed by atoms with E-state index >= 15 is 0 Å². The van der Waals surface area contributed by atoms with Crippen LogP contribution in [0.25, 0.3) is 0 Å². The van der Waals surface area contributed by atoms with E-state index in [0.29, 0.717) is 5.92 Å². The van der Waals surface area contributed by atoms with Gasteiger partial charge in [0.2, 0.25) is 0 Å². The fraction of sp³-hybridized carbons (Fsp3) is 0.478. The van der Waals surface area contributed by atoms with Crippen molar-refractivity contribution in [3.8, 4) is 0 Å². The third kappa shape index (κ3) is 4.71. The van der Waals surface area contributed by atoms with Gasteiger partial charge in [-0.3, -0.25) is 4.90 Å². The number of benzene rings is 2. The summed E-state index contributed by atoms with van der Waals surface area (Å²) >= 11 is 0. The van der Waals surface area contributed by atoms with E-state index in [-0.39, 0.29) is 11.5 Å². The Morgan fingerprint density at radius 3 is 2.40 bits per heavy atom. The molecular weight excluding hydrogens is 304 g/mol. The van der Waals surface area contributed by atoms with Crippen molar-refractivity contribution in [2.24, 2.45) is 5.73 Å². The lowest BCUT2D eigenvalue weighted by Crippen LogP contribution is -2.45. The molecule has 1 fully saturated rings. The molecule has 2 nitrogen and oxygen atoms in total. The van der Waals surface area contributed by atoms with E-state index in [1.807, 2.05) is 0 Å². The van der Waals surface area contributed by atoms with E-state index in [2.05, 4.69) is 81.1 Å². The van der Waals surface area contributed by atoms with E-state index in [1.165, 1.54) is 22.3 Å². The lowest BCUT2D eigenvalue weighted by molar-refractivity contribution is 0.181. The molecule has 0 amide bonds. The molecule has 2 heteroatoms. The second-order valence-corrected chi connectivity index (χ2v) is 8.75. The molecule has 0 bridgehead atoms. The van der Waals surface area contributed by atoms with E-state index in [9.17, 15) is 0 Å². The predicted octanol–water partition coefficient (Wildman–Crippen LogP) is 4.61. The van der Waals surface area contributed by atoms with Gasteiger partial charge < -0.3 is 5.73 Å². The van der Waals surface area contributed by atoms with E-state index in [1.54, 1.807) is 0 Å². The normalized spacial score (nSPS) is 22.1. The molecule has 2 N–H and O–H groups in total. The lowest BCUT2D eigenvalue weighted by atomic mass is 9.83. The summed E-state index contributed by atoms with van der Waals surface area (Å²) in [6.07, 6.45) is 1.08. The van der Waals surface area contributed by atoms with E-state index < -0.39 is 0 Å². The number of aryl methyl sites for hydroxylation is 1. The largest absolute Gasteiger partial charge is 0.327 e. The van der Waals surface area contributed by atoms with Crippen LogP contribution in [0, 0.1) is 6.92 Å². The van der Waals surface area contributed by atoms with Crippen molar-refractivity contribution in [3.63, 3.8) is 0 Å². The topological polar surface area (TPSA) is 29.3 Å². The maximum Gasteiger partial charge on any atom is 0.0234 e. The van der Waals surface area contributed by atoms with Gasteiger partial charge in [0, 0.05) is 25.7 Å². The van der Waals surface area contributed by atoms with Gasteiger partial charge >= 0.3 is 0 Å². The van der Waals surface area contributed by atoms with Gasteiger partial charge in [-0.25, -0.2) is 0 Å². The number of hydrogen-bond donors (Lipinski definition) is 1. The highest BCUT2D eigenvalue weighted by Crippen LogP contribution is 2.30. The molecule has 0 saturated carbocycles. The molecule has 3 rings (SSSR count). The van der Waals surface area contributed by atoms with Gasteiger partial charge in [0.05, 0.1) is 0 Å². The number of nitrogens with two attached hydrogens (primary N) is 1. The van der Waals surface area contributed by atoms with Crippen molar-refractivity contribution in [2.75, 3.05) is 13.1 Å². The first-order valence-corrected chi connectivity index (χ1v) is 9.45. The Kier molecular flexibility index (Phi) is 5.31. The zero-order chi connectivity index (χ0) is 18.0. The van der Waals surface area contributed by atoms with Crippen molar-refractivity contribution in [3.05, 3.63) is 70.8 Å². The molecule has 0 aromatic heterocycles. The summed E-state index contributed by atoms with van der Waals surface area (Å²) in [7, 11) is 0. The van der Waals surface area contributed by atoms with Crippen LogP contribution < -0.4 is 5.73 Å². The van der Waals surface area contributed by atoms with Crippen LogP contribution in [0.15, 0.2) is 48.5 Å². The molecule has 134 valence electrons. The summed E-state index contributed by atoms with van der Waals surface area (Å²) in [5.41, 5.74) is 12.1. The molecule has 2 atom stereocenters. The fourth-order valence-electron chi connectivity index (χ4n) is 3.93. The van der Waals surface area contributed by atoms with Gasteiger partial charge in [0.25, 0.3) is 0 Å². The third-order valence-corrected chi connectivity index (χ3v) is 5.30. The number of hydrogen-bond acceptors (Lipinski definition) is 2. The van der Waals surface area contributed by atoms with Crippen LogP contribution in [-0.4, -0.2) is 24.0 Å². The van der Waals surface area contributed by atoms with Crippen molar-refractivity contribution in [1.82, 2.24) is 4.90 Å². The van der Waals surface area contributed by atoms with E-state index in [4.69, 9.17) is 5.73 Å². The second-order valence-electron chi connectivity index (χ2n) is 8.75. The maximum atomic E-state index is 6.39. The highest BCUT2D eigenvalue weighted by Gasteiger charge is 2.26. The minimum Gasteiger partial charge on any atom is -0.327 e. The Balaban J connectivity index is 1.72. The Morgan fingerprint density at radius 2 is 1.76 bits per heavy atom. The summed E-state index contributed by atoms with van der Waals surface area (Å²) in [4.78, 5) is 2.52. The summed E-state index contributed by atoms with van der Waals surface area (Å²) in [5, 5.41) is 0. The summed E-state index contributed by atoms with van der Waals surface area (Å²) < 4.78 is 0. The Morgan fingerprint density at radius 1 is 1.04 bits per heavy atom. The molecule has 2 unspecified atom stereocenters. The standard InChI is InChI=1S/C23H32N2/c1-17-6-5-7-18(12-17)14-25-15-20(13-22(24)16-25)19-8-10-21(11-9-19)23(2,3)4/h5-12,20,22H,13-16,24H2,1-4H3. The average Bonchev–Trinajstić information content (AvgIpc) is 2.53. The number of likely N-dealkylation sites (tertiary alicyclic amines) is 1. The van der Waals surface area contributed by atoms with Crippen LogP contribution in [0.3, 0.4) is 0 Å². The smallest absolute Gasteiger partial charge is 0.0234 e. The predicted molar refractivity (Wildman–Crippen MR) is 107 cm³/mol. The molecular formula is C23H32N2. The summed E-state index contributed by atoms with van der Waals surface area (Å²) in [6, 6.07) is 18.3. The van der Waals surface area contributed by atoms with Crippen molar-refractivity contribution >= 4 is 0 Å². The van der Waals surface area contributed by atoms with Crippen LogP contribution in [0.1, 0.15) is 55.4 Å². The maximum absolute atomic E-state index is 6.39. The molecule has 25 heavy (non-hydrogen) atoms. The third-order valence-electron chi connectivity index (χ3n) is 5.30. The van der Waals surface area contributed by atoms with E-state index in [0.717, 1.165) is 26.1 Å². The van der Waals surface area contributed by atoms with Gasteiger partial charge in [0.15, 0.2) is 0 Å². The first-order valence-electron chi connectivity index (χ1n) is 9.45. The lowest BCUT2D eigenvalue weighted by Gasteiger charge is -2.37. The SMILES string of the molecule is Cc1cccc(CN2CC(N)CC(c3ccc(C(C)(C)C)cc3)C2)c1. The first kappa shape index (κ1) is 18.2. The quantitative estimate of drug-likeness (QED) is 0.887. The molecule has 0 aliphatic carbocycles. The van der Waals surface area contributed by atoms with Crippen LogP contribution >= 0.6 is 0 Å². The summed E-state index contributed by atoms with van der Waals surface area (Å²) in [5.74, 6) is 0.530. The van der Waals surface area contributed by atoms with Crippen molar-refractivity contribution in [1.29, 1.82) is 0 Å². The van der Waals surface area contributed by atoms with Gasteiger partial charge in [-0.05, 0) is 41.4 Å². The monoisotopic (exact) mass is 336 g/mol. The number of piperidine rings is 1. The van der Waals surface area contributed by atoms with Gasteiger partial charge in [-0.15, -0.1) is 0 Å². The van der Waals surface area contributed by atoms with Gasteiger partial charge in [-0.1, -0.05) is 74.9 Å². The van der Waals surface area contributed by atoms with Crippen LogP contribution in [0.4, 0.5) is 0 Å². The van der Waals surface area contributed by atoms with Gasteiger partial charge in [-0.2, -0.15) is 0 Å². The molecule has 1 heterocycles. The second kappa shape index (κ2) is 7.31. The minimum atomic E-state index is 0.207. The fourth-order valence-corrected chi connectivity index (χ4v) is 3.93. The summed E-state index contributed by atoms with van der Waals surface area (Å²) in [6.45, 7) is 12.0. The highest BCUT2D eigenvalue weighted by molar-refractivity contribution is 5.30. The molecule has 2 aromatic rings.